The van der Waals surface area contributed by atoms with Crippen LogP contribution in [0.25, 0.3) is 5.65 Å². The molecule has 3 aromatic rings. The molecule has 23 heavy (non-hydrogen) atoms. The summed E-state index contributed by atoms with van der Waals surface area (Å²) in [6.07, 6.45) is 2.36. The number of rotatable bonds is 4. The number of hydrogen-bond donors (Lipinski definition) is 1. The van der Waals surface area contributed by atoms with Gasteiger partial charge in [0.2, 0.25) is 11.5 Å². The molecule has 0 radical (unpaired) electrons. The molecule has 2 aromatic heterocycles. The van der Waals surface area contributed by atoms with Crippen molar-refractivity contribution >= 4 is 17.3 Å². The van der Waals surface area contributed by atoms with Crippen molar-refractivity contribution in [3.8, 4) is 5.75 Å². The van der Waals surface area contributed by atoms with Gasteiger partial charge in [0.1, 0.15) is 11.9 Å². The van der Waals surface area contributed by atoms with E-state index in [9.17, 15) is 10.1 Å². The SMILES string of the molecule is O=[N+]([O-])c1c(NC[C@H]2Cc3ccccc3O2)nc2ccccn12. The molecule has 1 aliphatic rings. The van der Waals surface area contributed by atoms with Gasteiger partial charge in [-0.2, -0.15) is 9.38 Å². The third-order valence-corrected chi connectivity index (χ3v) is 3.89. The van der Waals surface area contributed by atoms with Gasteiger partial charge in [-0.3, -0.25) is 0 Å². The van der Waals surface area contributed by atoms with Crippen LogP contribution >= 0.6 is 0 Å². The number of aromatic nitrogens is 2. The summed E-state index contributed by atoms with van der Waals surface area (Å²) in [4.78, 5) is 15.2. The maximum absolute atomic E-state index is 11.3. The van der Waals surface area contributed by atoms with Crippen LogP contribution in [0.3, 0.4) is 0 Å². The highest BCUT2D eigenvalue weighted by Crippen LogP contribution is 2.29. The molecule has 1 atom stereocenters. The standard InChI is InChI=1S/C16H14N4O3/c21-20(22)16-15(18-14-7-3-4-8-19(14)16)17-10-12-9-11-5-1-2-6-13(11)23-12/h1-8,12,17H,9-10H2/t12-/m1/s1. The first kappa shape index (κ1) is 13.6. The molecular weight excluding hydrogens is 296 g/mol. The van der Waals surface area contributed by atoms with Crippen molar-refractivity contribution in [2.75, 3.05) is 11.9 Å². The van der Waals surface area contributed by atoms with Crippen LogP contribution in [0.15, 0.2) is 48.7 Å². The second-order valence-corrected chi connectivity index (χ2v) is 5.40. The van der Waals surface area contributed by atoms with Crippen LogP contribution < -0.4 is 10.1 Å². The number of benzene rings is 1. The Morgan fingerprint density at radius 2 is 2.13 bits per heavy atom. The van der Waals surface area contributed by atoms with E-state index in [1.54, 1.807) is 24.4 Å². The molecule has 0 saturated heterocycles. The number of imidazole rings is 1. The summed E-state index contributed by atoms with van der Waals surface area (Å²) in [5.74, 6) is 1.08. The molecule has 3 heterocycles. The summed E-state index contributed by atoms with van der Waals surface area (Å²) in [5, 5.41) is 14.4. The zero-order valence-corrected chi connectivity index (χ0v) is 12.2. The van der Waals surface area contributed by atoms with Gasteiger partial charge in [-0.1, -0.05) is 24.3 Å². The predicted octanol–water partition coefficient (Wildman–Crippen LogP) is 2.66. The number of nitrogens with zero attached hydrogens (tertiary/aromatic N) is 3. The number of nitrogens with one attached hydrogen (secondary N) is 1. The number of pyridine rings is 1. The second kappa shape index (κ2) is 5.28. The average molecular weight is 310 g/mol. The van der Waals surface area contributed by atoms with Gasteiger partial charge in [0.25, 0.3) is 0 Å². The van der Waals surface area contributed by atoms with Crippen LogP contribution in [0.5, 0.6) is 5.75 Å². The van der Waals surface area contributed by atoms with Crippen LogP contribution in [-0.2, 0) is 6.42 Å². The fraction of sp³-hybridized carbons (Fsp3) is 0.188. The zero-order valence-electron chi connectivity index (χ0n) is 12.2. The topological polar surface area (TPSA) is 81.7 Å². The molecule has 0 fully saturated rings. The van der Waals surface area contributed by atoms with E-state index in [-0.39, 0.29) is 17.7 Å². The Morgan fingerprint density at radius 1 is 1.30 bits per heavy atom. The van der Waals surface area contributed by atoms with Crippen LogP contribution in [0.4, 0.5) is 11.6 Å². The minimum absolute atomic E-state index is 0.0585. The molecular formula is C16H14N4O3. The minimum atomic E-state index is -0.424. The maximum atomic E-state index is 11.3. The van der Waals surface area contributed by atoms with Crippen molar-refractivity contribution in [1.82, 2.24) is 9.38 Å². The molecule has 1 aliphatic heterocycles. The van der Waals surface area contributed by atoms with Crippen molar-refractivity contribution in [3.63, 3.8) is 0 Å². The smallest absolute Gasteiger partial charge is 0.372 e. The van der Waals surface area contributed by atoms with Crippen molar-refractivity contribution in [2.24, 2.45) is 0 Å². The monoisotopic (exact) mass is 310 g/mol. The number of hydrogen-bond acceptors (Lipinski definition) is 5. The number of ether oxygens (including phenoxy) is 1. The number of anilines is 1. The zero-order chi connectivity index (χ0) is 15.8. The summed E-state index contributed by atoms with van der Waals surface area (Å²) >= 11 is 0. The summed E-state index contributed by atoms with van der Waals surface area (Å²) in [7, 11) is 0. The summed E-state index contributed by atoms with van der Waals surface area (Å²) in [6.45, 7) is 0.458. The Balaban J connectivity index is 1.55. The van der Waals surface area contributed by atoms with E-state index in [0.717, 1.165) is 17.7 Å². The van der Waals surface area contributed by atoms with Gasteiger partial charge in [0, 0.05) is 12.5 Å². The van der Waals surface area contributed by atoms with Gasteiger partial charge in [0.05, 0.1) is 12.7 Å². The molecule has 0 aliphatic carbocycles. The lowest BCUT2D eigenvalue weighted by molar-refractivity contribution is -0.389. The third kappa shape index (κ3) is 2.36. The lowest BCUT2D eigenvalue weighted by Gasteiger charge is -2.11. The lowest BCUT2D eigenvalue weighted by atomic mass is 10.1. The molecule has 0 bridgehead atoms. The van der Waals surface area contributed by atoms with E-state index in [0.29, 0.717) is 12.2 Å². The van der Waals surface area contributed by atoms with Gasteiger partial charge in [-0.25, -0.2) is 0 Å². The van der Waals surface area contributed by atoms with Crippen molar-refractivity contribution < 1.29 is 9.66 Å². The van der Waals surface area contributed by atoms with Gasteiger partial charge < -0.3 is 20.2 Å². The fourth-order valence-corrected chi connectivity index (χ4v) is 2.85. The molecule has 1 N–H and O–H groups in total. The molecule has 4 rings (SSSR count). The Kier molecular flexibility index (Phi) is 3.11. The molecule has 0 amide bonds. The van der Waals surface area contributed by atoms with Gasteiger partial charge in [0.15, 0.2) is 0 Å². The van der Waals surface area contributed by atoms with Crippen molar-refractivity contribution in [2.45, 2.75) is 12.5 Å². The highest BCUT2D eigenvalue weighted by molar-refractivity contribution is 5.62. The van der Waals surface area contributed by atoms with Gasteiger partial charge in [-0.15, -0.1) is 0 Å². The van der Waals surface area contributed by atoms with E-state index in [4.69, 9.17) is 4.74 Å². The first-order valence-corrected chi connectivity index (χ1v) is 7.32. The summed E-state index contributed by atoms with van der Waals surface area (Å²) in [5.41, 5.74) is 1.70. The second-order valence-electron chi connectivity index (χ2n) is 5.40. The normalized spacial score (nSPS) is 16.1. The number of para-hydroxylation sites is 1. The summed E-state index contributed by atoms with van der Waals surface area (Å²) in [6, 6.07) is 13.1. The highest BCUT2D eigenvalue weighted by atomic mass is 16.6. The fourth-order valence-electron chi connectivity index (χ4n) is 2.85. The molecule has 1 aromatic carbocycles. The Bertz CT molecular complexity index is 865. The lowest BCUT2D eigenvalue weighted by Crippen LogP contribution is -2.24. The third-order valence-electron chi connectivity index (χ3n) is 3.89. The Morgan fingerprint density at radius 3 is 2.96 bits per heavy atom. The van der Waals surface area contributed by atoms with E-state index in [1.165, 1.54) is 4.40 Å². The maximum Gasteiger partial charge on any atom is 0.372 e. The molecule has 116 valence electrons. The van der Waals surface area contributed by atoms with Crippen LogP contribution in [-0.4, -0.2) is 27.0 Å². The van der Waals surface area contributed by atoms with Crippen LogP contribution in [0.1, 0.15) is 5.56 Å². The first-order chi connectivity index (χ1) is 11.2. The molecule has 0 saturated carbocycles. The van der Waals surface area contributed by atoms with Crippen LogP contribution in [0.2, 0.25) is 0 Å². The van der Waals surface area contributed by atoms with Crippen LogP contribution in [0, 0.1) is 10.1 Å². The Labute approximate surface area is 131 Å². The summed E-state index contributed by atoms with van der Waals surface area (Å²) < 4.78 is 7.30. The highest BCUT2D eigenvalue weighted by Gasteiger charge is 2.26. The van der Waals surface area contributed by atoms with Crippen molar-refractivity contribution in [3.05, 3.63) is 64.3 Å². The minimum Gasteiger partial charge on any atom is -0.488 e. The van der Waals surface area contributed by atoms with Crippen molar-refractivity contribution in [1.29, 1.82) is 0 Å². The van der Waals surface area contributed by atoms with E-state index >= 15 is 0 Å². The van der Waals surface area contributed by atoms with E-state index in [2.05, 4.69) is 10.3 Å². The average Bonchev–Trinajstić information content (AvgIpc) is 3.13. The molecule has 7 heteroatoms. The quantitative estimate of drug-likeness (QED) is 0.592. The molecule has 7 nitrogen and oxygen atoms in total. The molecule has 0 unspecified atom stereocenters. The van der Waals surface area contributed by atoms with Gasteiger partial charge in [-0.05, 0) is 22.6 Å². The van der Waals surface area contributed by atoms with Gasteiger partial charge >= 0.3 is 5.82 Å². The number of fused-ring (bicyclic) bond motifs is 2. The largest absolute Gasteiger partial charge is 0.488 e. The van der Waals surface area contributed by atoms with E-state index < -0.39 is 4.92 Å². The molecule has 0 spiro atoms. The first-order valence-electron chi connectivity index (χ1n) is 7.32. The number of nitro groups is 1. The van der Waals surface area contributed by atoms with E-state index in [1.807, 2.05) is 24.3 Å². The predicted molar refractivity (Wildman–Crippen MR) is 84.9 cm³/mol. The Hall–Kier alpha value is -3.09.